The Hall–Kier alpha value is -6.11. The molecule has 1 aliphatic carbocycles. The lowest BCUT2D eigenvalue weighted by atomic mass is 9.55. The Kier molecular flexibility index (Phi) is 13.5. The van der Waals surface area contributed by atoms with Crippen LogP contribution in [0.2, 0.25) is 10.0 Å². The molecule has 3 aromatic carbocycles. The first-order valence-electron chi connectivity index (χ1n) is 22.7. The van der Waals surface area contributed by atoms with Crippen LogP contribution in [0.3, 0.4) is 0 Å². The van der Waals surface area contributed by atoms with E-state index in [0.29, 0.717) is 60.1 Å². The lowest BCUT2D eigenvalue weighted by molar-refractivity contribution is -0.136. The Labute approximate surface area is 400 Å². The lowest BCUT2D eigenvalue weighted by Gasteiger charge is -2.47. The molecular formula is C49H48Cl2FN7O9. The van der Waals surface area contributed by atoms with E-state index in [1.165, 1.54) is 24.4 Å². The molecule has 6 amide bonds. The second-order valence-corrected chi connectivity index (χ2v) is 18.5. The predicted octanol–water partition coefficient (Wildman–Crippen LogP) is 6.32. The number of piperidine rings is 1. The first-order valence-corrected chi connectivity index (χ1v) is 23.5. The van der Waals surface area contributed by atoms with Gasteiger partial charge >= 0.3 is 0 Å². The van der Waals surface area contributed by atoms with Crippen molar-refractivity contribution in [3.63, 3.8) is 0 Å². The fraction of sp³-hybridized carbons (Fsp3) is 0.388. The number of ether oxygens (including phenoxy) is 2. The smallest absolute Gasteiger partial charge is 0.264 e. The van der Waals surface area contributed by atoms with Crippen LogP contribution in [-0.4, -0.2) is 102 Å². The van der Waals surface area contributed by atoms with Gasteiger partial charge in [-0.25, -0.2) is 4.39 Å². The molecule has 1 saturated carbocycles. The third-order valence-corrected chi connectivity index (χ3v) is 14.2. The van der Waals surface area contributed by atoms with Crippen molar-refractivity contribution in [1.29, 1.82) is 0 Å². The van der Waals surface area contributed by atoms with Gasteiger partial charge in [0.2, 0.25) is 23.6 Å². The zero-order valence-corrected chi connectivity index (χ0v) is 38.3. The molecule has 2 spiro atoms. The minimum absolute atomic E-state index is 0.0323. The number of nitrogens with one attached hydrogen (secondary N) is 5. The number of rotatable bonds is 16. The molecule has 3 fully saturated rings. The molecule has 4 aromatic rings. The maximum Gasteiger partial charge on any atom is 0.264 e. The fourth-order valence-corrected chi connectivity index (χ4v) is 11.1. The summed E-state index contributed by atoms with van der Waals surface area (Å²) in [4.78, 5) is 97.8. The van der Waals surface area contributed by atoms with Gasteiger partial charge in [0.15, 0.2) is 5.78 Å². The molecule has 9 rings (SSSR count). The van der Waals surface area contributed by atoms with E-state index in [1.54, 1.807) is 48.5 Å². The van der Waals surface area contributed by atoms with Crippen molar-refractivity contribution in [2.75, 3.05) is 48.9 Å². The zero-order chi connectivity index (χ0) is 47.7. The number of ketones is 1. The SMILES string of the molecule is O=C1CCC(N2C(=O)c3cccc(NCCOCCOCCCC(=O)c4ccc(NC(=O)[C@@H]5NC6(CCCCC6)[C@@]6(C(=O)Nc7cc(Cl)ccc76)[C@H]5c5cccc(Cl)c5F)cn4)c3C2=O)C(=O)N1. The van der Waals surface area contributed by atoms with Crippen LogP contribution in [0.4, 0.5) is 21.5 Å². The number of benzene rings is 3. The summed E-state index contributed by atoms with van der Waals surface area (Å²) in [5.74, 6) is -5.08. The molecule has 0 bridgehead atoms. The van der Waals surface area contributed by atoms with Crippen LogP contribution in [0.1, 0.15) is 106 Å². The number of imide groups is 2. The number of Topliss-reactive ketones (excluding diaryl/α,β-unsaturated/α-hetero) is 1. The maximum atomic E-state index is 16.2. The molecule has 4 atom stereocenters. The van der Waals surface area contributed by atoms with Crippen LogP contribution in [0.25, 0.3) is 0 Å². The normalized spacial score (nSPS) is 22.6. The Morgan fingerprint density at radius 2 is 1.66 bits per heavy atom. The van der Waals surface area contributed by atoms with E-state index < -0.39 is 64.3 Å². The number of carbonyl (C=O) groups excluding carboxylic acids is 7. The van der Waals surface area contributed by atoms with Crippen molar-refractivity contribution in [2.45, 2.75) is 86.7 Å². The van der Waals surface area contributed by atoms with Crippen molar-refractivity contribution < 1.29 is 47.4 Å². The maximum absolute atomic E-state index is 16.2. The summed E-state index contributed by atoms with van der Waals surface area (Å²) in [6.07, 6.45) is 5.77. The van der Waals surface area contributed by atoms with E-state index in [-0.39, 0.29) is 78.2 Å². The number of anilines is 3. The third kappa shape index (κ3) is 8.44. The lowest BCUT2D eigenvalue weighted by Crippen LogP contribution is -2.60. The Morgan fingerprint density at radius 1 is 0.882 bits per heavy atom. The number of carbonyl (C=O) groups is 7. The highest BCUT2D eigenvalue weighted by molar-refractivity contribution is 6.31. The minimum Gasteiger partial charge on any atom is -0.382 e. The number of amides is 6. The van der Waals surface area contributed by atoms with Gasteiger partial charge < -0.3 is 25.4 Å². The van der Waals surface area contributed by atoms with Crippen molar-refractivity contribution in [3.8, 4) is 0 Å². The van der Waals surface area contributed by atoms with Crippen LogP contribution in [0.15, 0.2) is 72.9 Å². The van der Waals surface area contributed by atoms with E-state index in [0.717, 1.165) is 24.2 Å². The van der Waals surface area contributed by atoms with Crippen LogP contribution in [0.5, 0.6) is 0 Å². The van der Waals surface area contributed by atoms with Gasteiger partial charge in [-0.15, -0.1) is 0 Å². The quantitative estimate of drug-likeness (QED) is 0.0474. The van der Waals surface area contributed by atoms with Gasteiger partial charge in [-0.2, -0.15) is 0 Å². The fourth-order valence-electron chi connectivity index (χ4n) is 10.8. The van der Waals surface area contributed by atoms with Gasteiger partial charge in [0, 0.05) is 53.8 Å². The van der Waals surface area contributed by atoms with E-state index in [4.69, 9.17) is 32.7 Å². The molecule has 1 aromatic heterocycles. The van der Waals surface area contributed by atoms with Crippen molar-refractivity contribution in [3.05, 3.63) is 117 Å². The number of fused-ring (bicyclic) bond motifs is 4. The molecule has 16 nitrogen and oxygen atoms in total. The summed E-state index contributed by atoms with van der Waals surface area (Å²) in [6, 6.07) is 15.6. The molecule has 5 aliphatic rings. The van der Waals surface area contributed by atoms with Crippen LogP contribution in [0, 0.1) is 5.82 Å². The minimum atomic E-state index is -1.38. The standard InChI is InChI=1S/C49H48Cl2FN7O9/c50-27-12-14-31-35(25-27)56-47(66)49(31)40(30-8-4-9-32(51)41(30)52)42(58-48(49)18-2-1-3-19-48)44(63)55-28-13-15-33(54-26-28)37(60)11-6-21-67-23-24-68-22-20-53-34-10-5-7-29-39(34)46(65)59(45(29)64)36-16-17-38(61)57-43(36)62/h4-5,7-10,12-15,25-26,36,40,42,53,58H,1-3,6,11,16-24H2,(H,55,63)(H,56,66)(H,57,61,62)/t36?,40-,42+,49+/m0/s1. The number of halogens is 3. The van der Waals surface area contributed by atoms with Crippen LogP contribution >= 0.6 is 23.2 Å². The Balaban J connectivity index is 0.755. The molecule has 19 heteroatoms. The van der Waals surface area contributed by atoms with Gasteiger partial charge in [-0.05, 0) is 79.3 Å². The molecule has 354 valence electrons. The first kappa shape index (κ1) is 47.0. The number of nitrogens with zero attached hydrogens (tertiary/aromatic N) is 2. The Morgan fingerprint density at radius 3 is 2.43 bits per heavy atom. The van der Waals surface area contributed by atoms with Gasteiger partial charge in [0.1, 0.15) is 23.0 Å². The van der Waals surface area contributed by atoms with Gasteiger partial charge in [-0.3, -0.25) is 54.1 Å². The number of aromatic nitrogens is 1. The summed E-state index contributed by atoms with van der Waals surface area (Å²) in [5, 5.41) is 15.1. The first-order chi connectivity index (χ1) is 32.8. The molecule has 0 radical (unpaired) electrons. The van der Waals surface area contributed by atoms with E-state index in [1.807, 2.05) is 0 Å². The van der Waals surface area contributed by atoms with Crippen molar-refractivity contribution >= 4 is 81.5 Å². The summed E-state index contributed by atoms with van der Waals surface area (Å²) in [5.41, 5.74) is 0.310. The van der Waals surface area contributed by atoms with Gasteiger partial charge in [-0.1, -0.05) is 66.7 Å². The molecule has 5 heterocycles. The number of hydrogen-bond donors (Lipinski definition) is 5. The Bertz CT molecular complexity index is 2720. The molecule has 68 heavy (non-hydrogen) atoms. The molecule has 5 N–H and O–H groups in total. The summed E-state index contributed by atoms with van der Waals surface area (Å²) < 4.78 is 27.5. The molecular weight excluding hydrogens is 920 g/mol. The van der Waals surface area contributed by atoms with E-state index in [9.17, 15) is 33.6 Å². The highest BCUT2D eigenvalue weighted by Gasteiger charge is 2.72. The third-order valence-electron chi connectivity index (χ3n) is 13.7. The second kappa shape index (κ2) is 19.5. The van der Waals surface area contributed by atoms with Crippen molar-refractivity contribution in [1.82, 2.24) is 20.5 Å². The van der Waals surface area contributed by atoms with Crippen LogP contribution in [-0.2, 0) is 34.1 Å². The molecule has 4 aliphatic heterocycles. The molecule has 2 saturated heterocycles. The average molecular weight is 969 g/mol. The number of hydrogen-bond acceptors (Lipinski definition) is 12. The highest BCUT2D eigenvalue weighted by atomic mass is 35.5. The number of pyridine rings is 1. The van der Waals surface area contributed by atoms with Gasteiger partial charge in [0.25, 0.3) is 11.8 Å². The monoisotopic (exact) mass is 967 g/mol. The van der Waals surface area contributed by atoms with Gasteiger partial charge in [0.05, 0.1) is 53.9 Å². The zero-order valence-electron chi connectivity index (χ0n) is 36.8. The summed E-state index contributed by atoms with van der Waals surface area (Å²) >= 11 is 12.7. The topological polar surface area (TPSA) is 214 Å². The second-order valence-electron chi connectivity index (χ2n) is 17.6. The molecule has 1 unspecified atom stereocenters. The highest BCUT2D eigenvalue weighted by Crippen LogP contribution is 2.63. The largest absolute Gasteiger partial charge is 0.382 e. The van der Waals surface area contributed by atoms with E-state index >= 15 is 4.39 Å². The average Bonchev–Trinajstić information content (AvgIpc) is 3.88. The summed E-state index contributed by atoms with van der Waals surface area (Å²) in [7, 11) is 0. The van der Waals surface area contributed by atoms with E-state index in [2.05, 4.69) is 31.6 Å². The summed E-state index contributed by atoms with van der Waals surface area (Å²) in [6.45, 7) is 1.39. The predicted molar refractivity (Wildman–Crippen MR) is 248 cm³/mol. The van der Waals surface area contributed by atoms with Crippen LogP contribution < -0.4 is 26.6 Å². The van der Waals surface area contributed by atoms with Crippen molar-refractivity contribution in [2.24, 2.45) is 0 Å².